The summed E-state index contributed by atoms with van der Waals surface area (Å²) in [7, 11) is 0. The molecule has 3 aliphatic heterocycles. The molecule has 0 radical (unpaired) electrons. The molecule has 160 valence electrons. The smallest absolute Gasteiger partial charge is 0.255 e. The van der Waals surface area contributed by atoms with E-state index in [-0.39, 0.29) is 30.2 Å². The van der Waals surface area contributed by atoms with Crippen LogP contribution in [0.4, 0.5) is 0 Å². The molecule has 30 heavy (non-hydrogen) atoms. The number of hydrogen-bond acceptors (Lipinski definition) is 5. The number of carbonyl (C=O) groups excluding carboxylic acids is 3. The maximum Gasteiger partial charge on any atom is 0.255 e. The minimum absolute atomic E-state index is 0.141. The van der Waals surface area contributed by atoms with Gasteiger partial charge in [0.05, 0.1) is 0 Å². The number of piperidine rings is 2. The maximum absolute atomic E-state index is 12.9. The molecule has 1 aliphatic carbocycles. The molecule has 1 N–H and O–H groups in total. The zero-order chi connectivity index (χ0) is 20.7. The number of nitrogens with zero attached hydrogens (tertiary/aromatic N) is 2. The first-order chi connectivity index (χ1) is 14.6. The van der Waals surface area contributed by atoms with Crippen molar-refractivity contribution in [2.24, 2.45) is 0 Å². The van der Waals surface area contributed by atoms with Crippen LogP contribution in [0.3, 0.4) is 0 Å². The summed E-state index contributed by atoms with van der Waals surface area (Å²) >= 11 is 0. The Morgan fingerprint density at radius 2 is 1.80 bits per heavy atom. The van der Waals surface area contributed by atoms with Crippen LogP contribution in [0.15, 0.2) is 18.2 Å². The fraction of sp³-hybridized carbons (Fsp3) is 0.609. The average Bonchev–Trinajstić information content (AvgIpc) is 3.33. The van der Waals surface area contributed by atoms with Gasteiger partial charge in [0.2, 0.25) is 11.8 Å². The van der Waals surface area contributed by atoms with Gasteiger partial charge in [0.25, 0.3) is 5.91 Å². The van der Waals surface area contributed by atoms with Gasteiger partial charge in [-0.2, -0.15) is 0 Å². The number of amides is 3. The second-order valence-corrected chi connectivity index (χ2v) is 8.97. The molecule has 0 spiro atoms. The van der Waals surface area contributed by atoms with Gasteiger partial charge in [-0.05, 0) is 75.4 Å². The Balaban J connectivity index is 1.28. The van der Waals surface area contributed by atoms with Gasteiger partial charge in [-0.3, -0.25) is 24.6 Å². The van der Waals surface area contributed by atoms with Gasteiger partial charge in [-0.1, -0.05) is 6.42 Å². The quantitative estimate of drug-likeness (QED) is 0.769. The van der Waals surface area contributed by atoms with Crippen molar-refractivity contribution in [1.82, 2.24) is 15.1 Å². The van der Waals surface area contributed by atoms with Crippen LogP contribution in [-0.2, 0) is 16.1 Å². The van der Waals surface area contributed by atoms with Crippen molar-refractivity contribution in [2.75, 3.05) is 13.1 Å². The fourth-order valence-electron chi connectivity index (χ4n) is 5.51. The van der Waals surface area contributed by atoms with Crippen molar-refractivity contribution in [3.8, 4) is 5.75 Å². The van der Waals surface area contributed by atoms with Crippen LogP contribution in [0.25, 0.3) is 0 Å². The number of imide groups is 1. The van der Waals surface area contributed by atoms with E-state index in [4.69, 9.17) is 4.74 Å². The molecule has 3 fully saturated rings. The van der Waals surface area contributed by atoms with Gasteiger partial charge in [-0.15, -0.1) is 0 Å². The van der Waals surface area contributed by atoms with Gasteiger partial charge in [-0.25, -0.2) is 0 Å². The predicted molar refractivity (Wildman–Crippen MR) is 110 cm³/mol. The third kappa shape index (κ3) is 3.60. The van der Waals surface area contributed by atoms with Crippen molar-refractivity contribution in [3.63, 3.8) is 0 Å². The third-order valence-electron chi connectivity index (χ3n) is 7.06. The Bertz CT molecular complexity index is 864. The second-order valence-electron chi connectivity index (χ2n) is 8.97. The summed E-state index contributed by atoms with van der Waals surface area (Å²) in [5.74, 6) is 0.0221. The molecule has 3 atom stereocenters. The van der Waals surface area contributed by atoms with E-state index in [2.05, 4.69) is 10.2 Å². The van der Waals surface area contributed by atoms with Crippen molar-refractivity contribution in [1.29, 1.82) is 0 Å². The lowest BCUT2D eigenvalue weighted by Crippen LogP contribution is -2.52. The van der Waals surface area contributed by atoms with Crippen LogP contribution in [0.2, 0.25) is 0 Å². The first-order valence-electron chi connectivity index (χ1n) is 11.3. The number of fused-ring (bicyclic) bond motifs is 1. The summed E-state index contributed by atoms with van der Waals surface area (Å²) in [6.45, 7) is 2.73. The summed E-state index contributed by atoms with van der Waals surface area (Å²) < 4.78 is 6.42. The van der Waals surface area contributed by atoms with Crippen LogP contribution in [0.1, 0.15) is 67.3 Å². The van der Waals surface area contributed by atoms with Crippen LogP contribution < -0.4 is 10.1 Å². The molecule has 1 aromatic carbocycles. The number of likely N-dealkylation sites (tertiary alicyclic amines) is 1. The van der Waals surface area contributed by atoms with Crippen molar-refractivity contribution < 1.29 is 19.1 Å². The maximum atomic E-state index is 12.9. The lowest BCUT2D eigenvalue weighted by Gasteiger charge is -2.35. The SMILES string of the molecule is O=C1CCC(N2Cc3cc(O[C@@H]4CCC[C@@H]4N4CCCCC4)ccc3C2=O)C(=O)N1. The minimum atomic E-state index is -0.578. The summed E-state index contributed by atoms with van der Waals surface area (Å²) in [4.78, 5) is 40.7. The van der Waals surface area contributed by atoms with Crippen molar-refractivity contribution >= 4 is 17.7 Å². The Hall–Kier alpha value is -2.41. The highest BCUT2D eigenvalue weighted by molar-refractivity contribution is 6.05. The molecule has 4 aliphatic rings. The fourth-order valence-corrected chi connectivity index (χ4v) is 5.51. The zero-order valence-corrected chi connectivity index (χ0v) is 17.3. The first kappa shape index (κ1) is 19.5. The summed E-state index contributed by atoms with van der Waals surface area (Å²) in [5.41, 5.74) is 1.53. The zero-order valence-electron chi connectivity index (χ0n) is 17.3. The minimum Gasteiger partial charge on any atom is -0.489 e. The number of ether oxygens (including phenoxy) is 1. The summed E-state index contributed by atoms with van der Waals surface area (Å²) in [6, 6.07) is 5.58. The molecule has 1 aromatic rings. The van der Waals surface area contributed by atoms with Gasteiger partial charge in [0.1, 0.15) is 17.9 Å². The van der Waals surface area contributed by atoms with E-state index in [1.165, 1.54) is 45.2 Å². The molecule has 3 heterocycles. The molecule has 1 unspecified atom stereocenters. The molecule has 5 rings (SSSR count). The van der Waals surface area contributed by atoms with Crippen molar-refractivity contribution in [2.45, 2.75) is 76.1 Å². The highest BCUT2D eigenvalue weighted by Crippen LogP contribution is 2.33. The van der Waals surface area contributed by atoms with E-state index < -0.39 is 6.04 Å². The third-order valence-corrected chi connectivity index (χ3v) is 7.06. The standard InChI is InChI=1S/C23H29N3O4/c27-21-10-9-19(22(28)24-21)26-14-15-13-16(7-8-17(15)23(26)29)30-20-6-4-5-18(20)25-11-2-1-3-12-25/h7-8,13,18-20H,1-6,9-12,14H2,(H,24,27,28)/t18-,19?,20+/m0/s1. The molecule has 2 saturated heterocycles. The van der Waals surface area contributed by atoms with Crippen LogP contribution in [0.5, 0.6) is 5.75 Å². The number of carbonyl (C=O) groups is 3. The van der Waals surface area contributed by atoms with Gasteiger partial charge >= 0.3 is 0 Å². The molecular weight excluding hydrogens is 382 g/mol. The summed E-state index contributed by atoms with van der Waals surface area (Å²) in [5, 5.41) is 2.35. The second kappa shape index (κ2) is 8.02. The molecule has 3 amide bonds. The number of nitrogens with one attached hydrogen (secondary N) is 1. The first-order valence-corrected chi connectivity index (χ1v) is 11.3. The van der Waals surface area contributed by atoms with E-state index in [1.54, 1.807) is 4.90 Å². The Morgan fingerprint density at radius 3 is 2.60 bits per heavy atom. The topological polar surface area (TPSA) is 79.0 Å². The van der Waals surface area contributed by atoms with E-state index >= 15 is 0 Å². The van der Waals surface area contributed by atoms with Gasteiger partial charge in [0.15, 0.2) is 0 Å². The molecule has 0 aromatic heterocycles. The van der Waals surface area contributed by atoms with Gasteiger partial charge < -0.3 is 9.64 Å². The largest absolute Gasteiger partial charge is 0.489 e. The molecule has 7 heteroatoms. The van der Waals surface area contributed by atoms with Crippen LogP contribution >= 0.6 is 0 Å². The average molecular weight is 412 g/mol. The highest BCUT2D eigenvalue weighted by atomic mass is 16.5. The van der Waals surface area contributed by atoms with Crippen molar-refractivity contribution in [3.05, 3.63) is 29.3 Å². The normalized spacial score (nSPS) is 29.8. The highest BCUT2D eigenvalue weighted by Gasteiger charge is 2.39. The van der Waals surface area contributed by atoms with E-state index in [0.29, 0.717) is 24.6 Å². The lowest BCUT2D eigenvalue weighted by molar-refractivity contribution is -0.136. The molecule has 7 nitrogen and oxygen atoms in total. The van der Waals surface area contributed by atoms with E-state index in [0.717, 1.165) is 17.7 Å². The Morgan fingerprint density at radius 1 is 0.967 bits per heavy atom. The van der Waals surface area contributed by atoms with E-state index in [1.807, 2.05) is 18.2 Å². The Kier molecular flexibility index (Phi) is 5.23. The molecule has 1 saturated carbocycles. The van der Waals surface area contributed by atoms with Crippen LogP contribution in [-0.4, -0.2) is 58.8 Å². The van der Waals surface area contributed by atoms with Crippen LogP contribution in [0, 0.1) is 0 Å². The Labute approximate surface area is 176 Å². The molecule has 0 bridgehead atoms. The lowest BCUT2D eigenvalue weighted by atomic mass is 10.0. The monoisotopic (exact) mass is 411 g/mol. The molecular formula is C23H29N3O4. The number of rotatable bonds is 4. The number of hydrogen-bond donors (Lipinski definition) is 1. The summed E-state index contributed by atoms with van der Waals surface area (Å²) in [6.07, 6.45) is 8.19. The number of benzene rings is 1. The van der Waals surface area contributed by atoms with E-state index in [9.17, 15) is 14.4 Å². The predicted octanol–water partition coefficient (Wildman–Crippen LogP) is 2.23. The van der Waals surface area contributed by atoms with Gasteiger partial charge in [0, 0.05) is 24.6 Å².